The molecule has 0 amide bonds. The van der Waals surface area contributed by atoms with E-state index >= 15 is 0 Å². The van der Waals surface area contributed by atoms with Crippen LogP contribution in [0.15, 0.2) is 30.3 Å². The van der Waals surface area contributed by atoms with Gasteiger partial charge in [-0.3, -0.25) is 0 Å². The van der Waals surface area contributed by atoms with Crippen molar-refractivity contribution in [3.63, 3.8) is 0 Å². The SMILES string of the molecule is CC(C)Cc1ccccc1.OB(O)O. The summed E-state index contributed by atoms with van der Waals surface area (Å²) in [6, 6.07) is 10.6. The molecule has 0 aliphatic rings. The molecular formula is C10H17BO3. The first-order valence-corrected chi connectivity index (χ1v) is 4.60. The molecule has 0 aliphatic carbocycles. The summed E-state index contributed by atoms with van der Waals surface area (Å²) in [5, 5.41) is 21.5. The maximum Gasteiger partial charge on any atom is 0.631 e. The Kier molecular flexibility index (Phi) is 7.11. The Bertz CT molecular complexity index is 221. The monoisotopic (exact) mass is 196 g/mol. The zero-order chi connectivity index (χ0) is 11.0. The first kappa shape index (κ1) is 13.2. The van der Waals surface area contributed by atoms with E-state index in [2.05, 4.69) is 44.2 Å². The van der Waals surface area contributed by atoms with E-state index in [4.69, 9.17) is 15.1 Å². The standard InChI is InChI=1S/C10H14.BH3O3/c1-9(2)8-10-6-4-3-5-7-10;2-1(3)4/h3-7,9H,8H2,1-2H3;2-4H. The highest BCUT2D eigenvalue weighted by Crippen LogP contribution is 2.05. The molecule has 1 aromatic carbocycles. The molecule has 1 aromatic rings. The molecule has 78 valence electrons. The van der Waals surface area contributed by atoms with Gasteiger partial charge in [-0.15, -0.1) is 0 Å². The van der Waals surface area contributed by atoms with Crippen molar-refractivity contribution < 1.29 is 15.1 Å². The van der Waals surface area contributed by atoms with Crippen molar-refractivity contribution in [2.75, 3.05) is 0 Å². The molecule has 0 radical (unpaired) electrons. The smallest absolute Gasteiger partial charge is 0.402 e. The van der Waals surface area contributed by atoms with Crippen LogP contribution in [0.5, 0.6) is 0 Å². The minimum Gasteiger partial charge on any atom is -0.402 e. The molecule has 3 nitrogen and oxygen atoms in total. The number of hydrogen-bond acceptors (Lipinski definition) is 3. The molecule has 0 saturated heterocycles. The third-order valence-corrected chi connectivity index (χ3v) is 1.49. The van der Waals surface area contributed by atoms with Crippen molar-refractivity contribution in [1.82, 2.24) is 0 Å². The van der Waals surface area contributed by atoms with Gasteiger partial charge < -0.3 is 15.1 Å². The third kappa shape index (κ3) is 9.25. The predicted octanol–water partition coefficient (Wildman–Crippen LogP) is 0.833. The Morgan fingerprint density at radius 1 is 1.07 bits per heavy atom. The summed E-state index contributed by atoms with van der Waals surface area (Å²) in [5.74, 6) is 0.766. The van der Waals surface area contributed by atoms with E-state index in [1.54, 1.807) is 0 Å². The minimum atomic E-state index is -2.17. The van der Waals surface area contributed by atoms with Crippen LogP contribution >= 0.6 is 0 Å². The van der Waals surface area contributed by atoms with E-state index in [9.17, 15) is 0 Å². The minimum absolute atomic E-state index is 0.766. The van der Waals surface area contributed by atoms with E-state index in [0.29, 0.717) is 0 Å². The highest BCUT2D eigenvalue weighted by atomic mass is 16.5. The molecule has 0 fully saturated rings. The van der Waals surface area contributed by atoms with Gasteiger partial charge in [-0.1, -0.05) is 44.2 Å². The van der Waals surface area contributed by atoms with Gasteiger partial charge in [0, 0.05) is 0 Å². The van der Waals surface area contributed by atoms with Crippen LogP contribution in [0.1, 0.15) is 19.4 Å². The summed E-state index contributed by atoms with van der Waals surface area (Å²) in [6.45, 7) is 4.49. The lowest BCUT2D eigenvalue weighted by Gasteiger charge is -2.02. The summed E-state index contributed by atoms with van der Waals surface area (Å²) < 4.78 is 0. The van der Waals surface area contributed by atoms with Crippen molar-refractivity contribution in [2.45, 2.75) is 20.3 Å². The van der Waals surface area contributed by atoms with Crippen molar-refractivity contribution in [1.29, 1.82) is 0 Å². The lowest BCUT2D eigenvalue weighted by atomic mass is 10.0. The largest absolute Gasteiger partial charge is 0.631 e. The van der Waals surface area contributed by atoms with Crippen LogP contribution < -0.4 is 0 Å². The molecule has 0 atom stereocenters. The summed E-state index contributed by atoms with van der Waals surface area (Å²) in [7, 11) is -2.17. The van der Waals surface area contributed by atoms with Gasteiger partial charge in [0.05, 0.1) is 0 Å². The zero-order valence-corrected chi connectivity index (χ0v) is 8.59. The second-order valence-corrected chi connectivity index (χ2v) is 3.43. The predicted molar refractivity (Wildman–Crippen MR) is 57.4 cm³/mol. The molecule has 0 bridgehead atoms. The topological polar surface area (TPSA) is 60.7 Å². The van der Waals surface area contributed by atoms with Gasteiger partial charge in [0.1, 0.15) is 0 Å². The molecule has 4 heteroatoms. The van der Waals surface area contributed by atoms with Crippen LogP contribution in [0, 0.1) is 5.92 Å². The molecule has 0 unspecified atom stereocenters. The average molecular weight is 196 g/mol. The van der Waals surface area contributed by atoms with E-state index in [1.807, 2.05) is 0 Å². The summed E-state index contributed by atoms with van der Waals surface area (Å²) in [6.07, 6.45) is 1.20. The van der Waals surface area contributed by atoms with E-state index in [0.717, 1.165) is 5.92 Å². The van der Waals surface area contributed by atoms with Gasteiger partial charge in [-0.25, -0.2) is 0 Å². The molecule has 14 heavy (non-hydrogen) atoms. The van der Waals surface area contributed by atoms with Crippen LogP contribution in [0.4, 0.5) is 0 Å². The van der Waals surface area contributed by atoms with Gasteiger partial charge in [0.2, 0.25) is 0 Å². The second kappa shape index (κ2) is 7.56. The fourth-order valence-electron chi connectivity index (χ4n) is 1.09. The molecule has 0 heterocycles. The van der Waals surface area contributed by atoms with E-state index in [-0.39, 0.29) is 0 Å². The van der Waals surface area contributed by atoms with Crippen molar-refractivity contribution >= 4 is 7.32 Å². The van der Waals surface area contributed by atoms with Crippen molar-refractivity contribution in [3.8, 4) is 0 Å². The van der Waals surface area contributed by atoms with Crippen molar-refractivity contribution in [3.05, 3.63) is 35.9 Å². The lowest BCUT2D eigenvalue weighted by Crippen LogP contribution is -2.07. The number of rotatable bonds is 2. The Morgan fingerprint density at radius 2 is 1.50 bits per heavy atom. The first-order chi connectivity index (χ1) is 6.52. The maximum absolute atomic E-state index is 7.17. The molecule has 0 spiro atoms. The fourth-order valence-corrected chi connectivity index (χ4v) is 1.09. The highest BCUT2D eigenvalue weighted by molar-refractivity contribution is 6.30. The quantitative estimate of drug-likeness (QED) is 0.614. The van der Waals surface area contributed by atoms with E-state index < -0.39 is 7.32 Å². The lowest BCUT2D eigenvalue weighted by molar-refractivity contribution is 0.278. The van der Waals surface area contributed by atoms with Crippen LogP contribution in [-0.4, -0.2) is 22.4 Å². The average Bonchev–Trinajstić information content (AvgIpc) is 2.03. The molecule has 0 aromatic heterocycles. The molecule has 1 rings (SSSR count). The van der Waals surface area contributed by atoms with Gasteiger partial charge in [-0.05, 0) is 17.9 Å². The van der Waals surface area contributed by atoms with E-state index in [1.165, 1.54) is 12.0 Å². The second-order valence-electron chi connectivity index (χ2n) is 3.43. The Hall–Kier alpha value is -0.835. The fraction of sp³-hybridized carbons (Fsp3) is 0.400. The molecule has 3 N–H and O–H groups in total. The molecule has 0 saturated carbocycles. The molecular weight excluding hydrogens is 179 g/mol. The number of benzene rings is 1. The van der Waals surface area contributed by atoms with Crippen LogP contribution in [0.3, 0.4) is 0 Å². The zero-order valence-electron chi connectivity index (χ0n) is 8.59. The van der Waals surface area contributed by atoms with Gasteiger partial charge in [0.25, 0.3) is 0 Å². The summed E-state index contributed by atoms with van der Waals surface area (Å²) in [5.41, 5.74) is 1.44. The third-order valence-electron chi connectivity index (χ3n) is 1.49. The normalized spacial score (nSPS) is 9.29. The van der Waals surface area contributed by atoms with Crippen LogP contribution in [0.25, 0.3) is 0 Å². The van der Waals surface area contributed by atoms with Gasteiger partial charge in [-0.2, -0.15) is 0 Å². The van der Waals surface area contributed by atoms with Crippen LogP contribution in [0.2, 0.25) is 0 Å². The Morgan fingerprint density at radius 3 is 1.86 bits per heavy atom. The van der Waals surface area contributed by atoms with Crippen LogP contribution in [-0.2, 0) is 6.42 Å². The highest BCUT2D eigenvalue weighted by Gasteiger charge is 1.94. The number of hydrogen-bond donors (Lipinski definition) is 3. The maximum atomic E-state index is 7.17. The molecule has 0 aliphatic heterocycles. The summed E-state index contributed by atoms with van der Waals surface area (Å²) >= 11 is 0. The summed E-state index contributed by atoms with van der Waals surface area (Å²) in [4.78, 5) is 0. The first-order valence-electron chi connectivity index (χ1n) is 4.60. The Balaban J connectivity index is 0.000000364. The van der Waals surface area contributed by atoms with Crippen molar-refractivity contribution in [2.24, 2.45) is 5.92 Å². The van der Waals surface area contributed by atoms with Gasteiger partial charge in [0.15, 0.2) is 0 Å². The van der Waals surface area contributed by atoms with Gasteiger partial charge >= 0.3 is 7.32 Å². The Labute approximate surface area is 85.2 Å².